The standard InChI is InChI=1S/C17H23BN2O4S/c1-12-7-9-14(10-8-12)25(21,22)20-11-15(13(2)19-20)18-23-16(3,4)17(5,6)24-18/h7-11H,1-6H3. The van der Waals surface area contributed by atoms with Crippen molar-refractivity contribution >= 4 is 22.6 Å². The molecule has 0 radical (unpaired) electrons. The number of aryl methyl sites for hydroxylation is 2. The molecule has 1 aliphatic heterocycles. The topological polar surface area (TPSA) is 70.4 Å². The van der Waals surface area contributed by atoms with Gasteiger partial charge in [-0.15, -0.1) is 0 Å². The average molecular weight is 362 g/mol. The lowest BCUT2D eigenvalue weighted by atomic mass is 9.79. The van der Waals surface area contributed by atoms with E-state index in [1.807, 2.05) is 34.6 Å². The summed E-state index contributed by atoms with van der Waals surface area (Å²) in [5.41, 5.74) is 1.18. The molecule has 25 heavy (non-hydrogen) atoms. The van der Waals surface area contributed by atoms with Crippen molar-refractivity contribution in [2.75, 3.05) is 0 Å². The van der Waals surface area contributed by atoms with Gasteiger partial charge in [0.2, 0.25) is 0 Å². The zero-order valence-electron chi connectivity index (χ0n) is 15.4. The molecule has 6 nitrogen and oxygen atoms in total. The van der Waals surface area contributed by atoms with E-state index in [0.29, 0.717) is 11.2 Å². The Labute approximate surface area is 149 Å². The maximum atomic E-state index is 12.8. The molecule has 0 bridgehead atoms. The molecule has 0 unspecified atom stereocenters. The highest BCUT2D eigenvalue weighted by Crippen LogP contribution is 2.36. The molecule has 1 aliphatic rings. The molecule has 1 aromatic heterocycles. The van der Waals surface area contributed by atoms with E-state index in [2.05, 4.69) is 5.10 Å². The Kier molecular flexibility index (Phi) is 4.13. The second-order valence-electron chi connectivity index (χ2n) is 7.45. The van der Waals surface area contributed by atoms with Crippen LogP contribution in [0.1, 0.15) is 39.0 Å². The van der Waals surface area contributed by atoms with E-state index < -0.39 is 28.3 Å². The Balaban J connectivity index is 1.97. The van der Waals surface area contributed by atoms with Crippen molar-refractivity contribution in [3.05, 3.63) is 41.7 Å². The summed E-state index contributed by atoms with van der Waals surface area (Å²) in [7, 11) is -4.40. The van der Waals surface area contributed by atoms with Crippen molar-refractivity contribution in [2.45, 2.75) is 57.6 Å². The lowest BCUT2D eigenvalue weighted by molar-refractivity contribution is 0.00578. The normalized spacial score (nSPS) is 19.4. The van der Waals surface area contributed by atoms with E-state index in [9.17, 15) is 8.42 Å². The van der Waals surface area contributed by atoms with Gasteiger partial charge in [-0.25, -0.2) is 0 Å². The number of hydrogen-bond acceptors (Lipinski definition) is 5. The van der Waals surface area contributed by atoms with Crippen LogP contribution < -0.4 is 5.46 Å². The summed E-state index contributed by atoms with van der Waals surface area (Å²) in [6.07, 6.45) is 1.48. The molecule has 0 spiro atoms. The van der Waals surface area contributed by atoms with Crippen LogP contribution in [0, 0.1) is 13.8 Å². The summed E-state index contributed by atoms with van der Waals surface area (Å²) in [5.74, 6) is 0. The molecule has 1 fully saturated rings. The first-order valence-electron chi connectivity index (χ1n) is 8.18. The van der Waals surface area contributed by atoms with Gasteiger partial charge >= 0.3 is 7.12 Å². The summed E-state index contributed by atoms with van der Waals surface area (Å²) in [6, 6.07) is 6.68. The maximum Gasteiger partial charge on any atom is 0.498 e. The molecule has 0 aliphatic carbocycles. The Hall–Kier alpha value is -1.64. The first-order valence-corrected chi connectivity index (χ1v) is 9.62. The number of hydrogen-bond donors (Lipinski definition) is 0. The molecule has 2 aromatic rings. The van der Waals surface area contributed by atoms with Crippen LogP contribution in [0.25, 0.3) is 0 Å². The van der Waals surface area contributed by atoms with Gasteiger partial charge < -0.3 is 9.31 Å². The summed E-state index contributed by atoms with van der Waals surface area (Å²) < 4.78 is 38.6. The predicted octanol–water partition coefficient (Wildman–Crippen LogP) is 2.04. The molecule has 134 valence electrons. The zero-order chi connectivity index (χ0) is 18.6. The van der Waals surface area contributed by atoms with Gasteiger partial charge in [-0.05, 0) is 53.7 Å². The highest BCUT2D eigenvalue weighted by molar-refractivity contribution is 7.89. The summed E-state index contributed by atoms with van der Waals surface area (Å²) in [6.45, 7) is 11.5. The molecule has 8 heteroatoms. The summed E-state index contributed by atoms with van der Waals surface area (Å²) in [5, 5.41) is 4.19. The van der Waals surface area contributed by atoms with Gasteiger partial charge in [0.1, 0.15) is 0 Å². The lowest BCUT2D eigenvalue weighted by Gasteiger charge is -2.32. The first-order chi connectivity index (χ1) is 11.4. The van der Waals surface area contributed by atoms with Crippen molar-refractivity contribution in [2.24, 2.45) is 0 Å². The fourth-order valence-corrected chi connectivity index (χ4v) is 3.77. The average Bonchev–Trinajstić information content (AvgIpc) is 2.97. The molecular formula is C17H23BN2O4S. The van der Waals surface area contributed by atoms with Crippen LogP contribution in [0.15, 0.2) is 35.4 Å². The van der Waals surface area contributed by atoms with Gasteiger partial charge in [-0.3, -0.25) is 0 Å². The molecule has 1 aromatic carbocycles. The summed E-state index contributed by atoms with van der Waals surface area (Å²) >= 11 is 0. The van der Waals surface area contributed by atoms with Crippen molar-refractivity contribution in [3.63, 3.8) is 0 Å². The van der Waals surface area contributed by atoms with Crippen molar-refractivity contribution in [3.8, 4) is 0 Å². The molecular weight excluding hydrogens is 339 g/mol. The third-order valence-electron chi connectivity index (χ3n) is 4.99. The third kappa shape index (κ3) is 3.03. The van der Waals surface area contributed by atoms with Gasteiger partial charge in [0.05, 0.1) is 21.8 Å². The van der Waals surface area contributed by atoms with Crippen LogP contribution in [0.5, 0.6) is 0 Å². The van der Waals surface area contributed by atoms with E-state index in [1.165, 1.54) is 6.20 Å². The van der Waals surface area contributed by atoms with Crippen LogP contribution in [0.4, 0.5) is 0 Å². The number of benzene rings is 1. The molecule has 3 rings (SSSR count). The van der Waals surface area contributed by atoms with Crippen LogP contribution in [-0.4, -0.2) is 35.9 Å². The quantitative estimate of drug-likeness (QED) is 0.782. The monoisotopic (exact) mass is 362 g/mol. The Bertz CT molecular complexity index is 885. The van der Waals surface area contributed by atoms with Crippen LogP contribution in [-0.2, 0) is 19.3 Å². The number of rotatable bonds is 3. The van der Waals surface area contributed by atoms with Crippen LogP contribution in [0.2, 0.25) is 0 Å². The van der Waals surface area contributed by atoms with Crippen molar-refractivity contribution in [1.29, 1.82) is 0 Å². The summed E-state index contributed by atoms with van der Waals surface area (Å²) in [4.78, 5) is 0.195. The smallest absolute Gasteiger partial charge is 0.399 e. The number of nitrogens with zero attached hydrogens (tertiary/aromatic N) is 2. The minimum atomic E-state index is -3.75. The fraction of sp³-hybridized carbons (Fsp3) is 0.471. The highest BCUT2D eigenvalue weighted by atomic mass is 32.2. The van der Waals surface area contributed by atoms with Crippen molar-refractivity contribution < 1.29 is 17.7 Å². The minimum Gasteiger partial charge on any atom is -0.399 e. The first kappa shape index (κ1) is 18.2. The number of aromatic nitrogens is 2. The van der Waals surface area contributed by atoms with Gasteiger partial charge in [0.15, 0.2) is 0 Å². The second kappa shape index (κ2) is 5.69. The molecule has 0 amide bonds. The molecule has 0 saturated carbocycles. The molecule has 2 heterocycles. The Morgan fingerprint density at radius 1 is 1.00 bits per heavy atom. The predicted molar refractivity (Wildman–Crippen MR) is 96.4 cm³/mol. The van der Waals surface area contributed by atoms with Crippen LogP contribution in [0.3, 0.4) is 0 Å². The van der Waals surface area contributed by atoms with Gasteiger partial charge in [0.25, 0.3) is 10.0 Å². The van der Waals surface area contributed by atoms with E-state index in [1.54, 1.807) is 31.2 Å². The molecule has 0 atom stereocenters. The van der Waals surface area contributed by atoms with E-state index in [0.717, 1.165) is 9.65 Å². The Morgan fingerprint density at radius 2 is 1.52 bits per heavy atom. The van der Waals surface area contributed by atoms with Crippen LogP contribution >= 0.6 is 0 Å². The molecule has 0 N–H and O–H groups in total. The van der Waals surface area contributed by atoms with Crippen molar-refractivity contribution in [1.82, 2.24) is 9.19 Å². The molecule has 1 saturated heterocycles. The minimum absolute atomic E-state index is 0.195. The third-order valence-corrected chi connectivity index (χ3v) is 6.54. The highest BCUT2D eigenvalue weighted by Gasteiger charge is 2.52. The lowest BCUT2D eigenvalue weighted by Crippen LogP contribution is -2.41. The van der Waals surface area contributed by atoms with Gasteiger partial charge in [-0.2, -0.15) is 17.6 Å². The van der Waals surface area contributed by atoms with E-state index in [4.69, 9.17) is 9.31 Å². The van der Waals surface area contributed by atoms with E-state index in [-0.39, 0.29) is 4.90 Å². The zero-order valence-corrected chi connectivity index (χ0v) is 16.2. The maximum absolute atomic E-state index is 12.8. The van der Waals surface area contributed by atoms with E-state index >= 15 is 0 Å². The largest absolute Gasteiger partial charge is 0.498 e. The SMILES string of the molecule is Cc1ccc(S(=O)(=O)n2cc(B3OC(C)(C)C(C)(C)O3)c(C)n2)cc1. The fourth-order valence-electron chi connectivity index (χ4n) is 2.59. The van der Waals surface area contributed by atoms with Gasteiger partial charge in [-0.1, -0.05) is 17.7 Å². The second-order valence-corrected chi connectivity index (χ2v) is 9.24. The van der Waals surface area contributed by atoms with Gasteiger partial charge in [0, 0.05) is 11.7 Å². The Morgan fingerprint density at radius 3 is 2.04 bits per heavy atom.